The summed E-state index contributed by atoms with van der Waals surface area (Å²) in [4.78, 5) is 0. The molecule has 0 fully saturated rings. The van der Waals surface area contributed by atoms with E-state index >= 15 is 0 Å². The average Bonchev–Trinajstić information content (AvgIpc) is 2.54. The lowest BCUT2D eigenvalue weighted by Crippen LogP contribution is -2.04. The fraction of sp³-hybridized carbons (Fsp3) is 0.222. The molecule has 0 heterocycles. The summed E-state index contributed by atoms with van der Waals surface area (Å²) in [6.45, 7) is 11.8. The van der Waals surface area contributed by atoms with Gasteiger partial charge in [-0.15, -0.1) is 0 Å². The van der Waals surface area contributed by atoms with E-state index in [9.17, 15) is 0 Å². The highest BCUT2D eigenvalue weighted by Gasteiger charge is 1.82. The van der Waals surface area contributed by atoms with Crippen LogP contribution in [0, 0.1) is 0 Å². The number of rotatable bonds is 2. The molecule has 0 aliphatic rings. The minimum atomic E-state index is 0.854. The van der Waals surface area contributed by atoms with Gasteiger partial charge in [0.05, 0.1) is 11.9 Å². The van der Waals surface area contributed by atoms with E-state index in [1.807, 2.05) is 82.3 Å². The van der Waals surface area contributed by atoms with Crippen LogP contribution in [-0.4, -0.2) is 0 Å². The number of hydrogen-bond acceptors (Lipinski definition) is 2. The zero-order valence-electron chi connectivity index (χ0n) is 12.9. The molecule has 0 N–H and O–H groups in total. The van der Waals surface area contributed by atoms with Gasteiger partial charge in [-0.05, 0) is 22.6 Å². The Morgan fingerprint density at radius 2 is 1.35 bits per heavy atom. The molecule has 0 aliphatic heterocycles. The van der Waals surface area contributed by atoms with Gasteiger partial charge in [-0.1, -0.05) is 76.7 Å². The Labute approximate surface area is 122 Å². The summed E-state index contributed by atoms with van der Waals surface area (Å²) in [5.41, 5.74) is 0.854. The molecule has 0 aliphatic carbocycles. The predicted octanol–water partition coefficient (Wildman–Crippen LogP) is 4.67. The topological polar surface area (TPSA) is 24.7 Å². The van der Waals surface area contributed by atoms with Crippen LogP contribution in [-0.2, 0) is 0 Å². The minimum Gasteiger partial charge on any atom is -0.158 e. The summed E-state index contributed by atoms with van der Waals surface area (Å²) in [5, 5.41) is 10.1. The highest BCUT2D eigenvalue weighted by Crippen LogP contribution is 2.09. The maximum Gasteiger partial charge on any atom is 0.0856 e. The van der Waals surface area contributed by atoms with Crippen molar-refractivity contribution < 1.29 is 0 Å². The monoisotopic (exact) mass is 268 g/mol. The molecule has 2 rings (SSSR count). The molecule has 0 saturated heterocycles. The van der Waals surface area contributed by atoms with Crippen molar-refractivity contribution in [1.82, 2.24) is 0 Å². The van der Waals surface area contributed by atoms with Crippen molar-refractivity contribution in [2.24, 2.45) is 10.2 Å². The zero-order chi connectivity index (χ0) is 15.2. The molecular weight excluding hydrogens is 244 g/mol. The quantitative estimate of drug-likeness (QED) is 0.707. The largest absolute Gasteiger partial charge is 0.158 e. The lowest BCUT2D eigenvalue weighted by Gasteiger charge is -1.87. The molecule has 0 unspecified atom stereocenters. The maximum atomic E-state index is 4.08. The van der Waals surface area contributed by atoms with Gasteiger partial charge in [0.1, 0.15) is 0 Å². The standard InChI is InChI=1S/C14H12N2.2C2H6/c1-12-7-9-13(10-8-12)11-15-16-14-5-3-2-4-6-14;2*1-2/h2-11H,1H2;2*1-2H3. The van der Waals surface area contributed by atoms with E-state index in [2.05, 4.69) is 16.8 Å². The molecular formula is C18H24N2. The van der Waals surface area contributed by atoms with Gasteiger partial charge in [-0.25, -0.2) is 0 Å². The second-order valence-corrected chi connectivity index (χ2v) is 3.42. The van der Waals surface area contributed by atoms with Crippen LogP contribution in [0.3, 0.4) is 0 Å². The third-order valence-corrected chi connectivity index (χ3v) is 2.12. The first-order valence-electron chi connectivity index (χ1n) is 7.06. The third kappa shape index (κ3) is 7.27. The number of nitrogens with zero attached hydrogens (tertiary/aromatic N) is 2. The van der Waals surface area contributed by atoms with Gasteiger partial charge in [-0.3, -0.25) is 0 Å². The first kappa shape index (κ1) is 17.8. The maximum absolute atomic E-state index is 4.08. The minimum absolute atomic E-state index is 0.854. The van der Waals surface area contributed by atoms with Crippen LogP contribution in [0.2, 0.25) is 0 Å². The Kier molecular flexibility index (Phi) is 10.5. The summed E-state index contributed by atoms with van der Waals surface area (Å²) in [6.07, 6.45) is 1.73. The average molecular weight is 268 g/mol. The lowest BCUT2D eigenvalue weighted by molar-refractivity contribution is 1.27. The first-order chi connectivity index (χ1) is 9.84. The Morgan fingerprint density at radius 1 is 0.800 bits per heavy atom. The van der Waals surface area contributed by atoms with Gasteiger partial charge in [-0.2, -0.15) is 10.2 Å². The van der Waals surface area contributed by atoms with E-state index in [1.165, 1.54) is 0 Å². The molecule has 0 saturated carbocycles. The fourth-order valence-corrected chi connectivity index (χ4v) is 1.26. The van der Waals surface area contributed by atoms with E-state index < -0.39 is 0 Å². The van der Waals surface area contributed by atoms with Crippen molar-refractivity contribution in [2.75, 3.05) is 0 Å². The Hall–Kier alpha value is -2.22. The van der Waals surface area contributed by atoms with E-state index in [1.54, 1.807) is 6.20 Å². The molecule has 106 valence electrons. The number of benzene rings is 2. The second kappa shape index (κ2) is 11.8. The second-order valence-electron chi connectivity index (χ2n) is 3.42. The van der Waals surface area contributed by atoms with Crippen LogP contribution < -0.4 is 10.4 Å². The van der Waals surface area contributed by atoms with Crippen LogP contribution in [0.5, 0.6) is 0 Å². The van der Waals surface area contributed by atoms with Gasteiger partial charge in [0, 0.05) is 0 Å². The Balaban J connectivity index is 0.000000829. The smallest absolute Gasteiger partial charge is 0.0856 e. The van der Waals surface area contributed by atoms with Crippen LogP contribution >= 0.6 is 0 Å². The van der Waals surface area contributed by atoms with E-state index in [-0.39, 0.29) is 0 Å². The molecule has 0 bridgehead atoms. The normalized spacial score (nSPS) is 9.00. The van der Waals surface area contributed by atoms with Crippen molar-refractivity contribution >= 4 is 18.5 Å². The molecule has 0 aromatic heterocycles. The molecule has 2 aromatic carbocycles. The van der Waals surface area contributed by atoms with Crippen molar-refractivity contribution in [2.45, 2.75) is 27.7 Å². The molecule has 20 heavy (non-hydrogen) atoms. The first-order valence-corrected chi connectivity index (χ1v) is 7.06. The molecule has 0 atom stereocenters. The van der Waals surface area contributed by atoms with Gasteiger partial charge < -0.3 is 0 Å². The number of hydrogen-bond donors (Lipinski definition) is 0. The number of azo groups is 1. The van der Waals surface area contributed by atoms with Crippen molar-refractivity contribution in [1.29, 1.82) is 0 Å². The predicted molar refractivity (Wildman–Crippen MR) is 89.3 cm³/mol. The van der Waals surface area contributed by atoms with E-state index in [0.717, 1.165) is 16.1 Å². The SMILES string of the molecule is C=c1ccc(=CN=Nc2ccccc2)cc1.CC.CC. The zero-order valence-corrected chi connectivity index (χ0v) is 12.9. The van der Waals surface area contributed by atoms with Crippen molar-refractivity contribution in [3.05, 3.63) is 65.0 Å². The van der Waals surface area contributed by atoms with Gasteiger partial charge >= 0.3 is 0 Å². The lowest BCUT2D eigenvalue weighted by atomic mass is 10.3. The van der Waals surface area contributed by atoms with Crippen LogP contribution in [0.25, 0.3) is 12.8 Å². The highest BCUT2D eigenvalue weighted by atomic mass is 15.1. The summed E-state index contributed by atoms with van der Waals surface area (Å²) in [6, 6.07) is 17.5. The molecule has 0 radical (unpaired) electrons. The summed E-state index contributed by atoms with van der Waals surface area (Å²) in [7, 11) is 0. The van der Waals surface area contributed by atoms with Gasteiger partial charge in [0.2, 0.25) is 0 Å². The molecule has 0 spiro atoms. The van der Waals surface area contributed by atoms with Crippen molar-refractivity contribution in [3.63, 3.8) is 0 Å². The Morgan fingerprint density at radius 3 is 1.90 bits per heavy atom. The summed E-state index contributed by atoms with van der Waals surface area (Å²) < 4.78 is 0. The fourth-order valence-electron chi connectivity index (χ4n) is 1.26. The molecule has 2 heteroatoms. The summed E-state index contributed by atoms with van der Waals surface area (Å²) in [5.74, 6) is 0. The van der Waals surface area contributed by atoms with Crippen molar-refractivity contribution in [3.8, 4) is 0 Å². The third-order valence-electron chi connectivity index (χ3n) is 2.12. The van der Waals surface area contributed by atoms with Crippen LogP contribution in [0.4, 0.5) is 5.69 Å². The van der Waals surface area contributed by atoms with Gasteiger partial charge in [0.25, 0.3) is 0 Å². The van der Waals surface area contributed by atoms with Crippen LogP contribution in [0.15, 0.2) is 64.8 Å². The Bertz CT molecular complexity index is 563. The molecule has 2 nitrogen and oxygen atoms in total. The van der Waals surface area contributed by atoms with Crippen LogP contribution in [0.1, 0.15) is 27.7 Å². The summed E-state index contributed by atoms with van der Waals surface area (Å²) >= 11 is 0. The van der Waals surface area contributed by atoms with Gasteiger partial charge in [0.15, 0.2) is 0 Å². The van der Waals surface area contributed by atoms with E-state index in [0.29, 0.717) is 0 Å². The molecule has 2 aromatic rings. The molecule has 0 amide bonds. The van der Waals surface area contributed by atoms with E-state index in [4.69, 9.17) is 0 Å². The highest BCUT2D eigenvalue weighted by molar-refractivity contribution is 5.35.